The van der Waals surface area contributed by atoms with Gasteiger partial charge in [-0.1, -0.05) is 0 Å². The monoisotopic (exact) mass is 222 g/mol. The van der Waals surface area contributed by atoms with Crippen molar-refractivity contribution in [1.82, 2.24) is 10.2 Å². The third-order valence-corrected chi connectivity index (χ3v) is 4.27. The Kier molecular flexibility index (Phi) is 3.88. The molecule has 0 saturated carbocycles. The van der Waals surface area contributed by atoms with Gasteiger partial charge in [-0.25, -0.2) is 8.42 Å². The minimum Gasteiger partial charge on any atom is -0.390 e. The Morgan fingerprint density at radius 2 is 2.14 bits per heavy atom. The molecule has 6 heteroatoms. The van der Waals surface area contributed by atoms with E-state index in [9.17, 15) is 13.5 Å². The first kappa shape index (κ1) is 11.9. The van der Waals surface area contributed by atoms with Crippen molar-refractivity contribution in [2.45, 2.75) is 12.1 Å². The molecule has 5 nitrogen and oxygen atoms in total. The number of aliphatic hydroxyl groups is 1. The summed E-state index contributed by atoms with van der Waals surface area (Å²) in [6, 6.07) is -0.242. The summed E-state index contributed by atoms with van der Waals surface area (Å²) in [5.74, 6) is -0.0179. The summed E-state index contributed by atoms with van der Waals surface area (Å²) < 4.78 is 22.5. The van der Waals surface area contributed by atoms with Crippen molar-refractivity contribution < 1.29 is 13.5 Å². The topological polar surface area (TPSA) is 69.6 Å². The van der Waals surface area contributed by atoms with Crippen LogP contribution in [0.2, 0.25) is 0 Å². The van der Waals surface area contributed by atoms with Gasteiger partial charge in [-0.05, 0) is 14.1 Å². The first-order valence-electron chi connectivity index (χ1n) is 4.69. The molecule has 0 aromatic heterocycles. The lowest BCUT2D eigenvalue weighted by Gasteiger charge is -2.25. The Hall–Kier alpha value is -0.170. The minimum absolute atomic E-state index is 0.0778. The second-order valence-corrected chi connectivity index (χ2v) is 5.95. The van der Waals surface area contributed by atoms with E-state index < -0.39 is 15.9 Å². The highest BCUT2D eigenvalue weighted by Crippen LogP contribution is 2.16. The summed E-state index contributed by atoms with van der Waals surface area (Å²) in [4.78, 5) is 1.89. The molecule has 1 rings (SSSR count). The fourth-order valence-electron chi connectivity index (χ4n) is 1.69. The molecule has 0 radical (unpaired) electrons. The molecule has 1 fully saturated rings. The highest BCUT2D eigenvalue weighted by atomic mass is 32.2. The van der Waals surface area contributed by atoms with Crippen LogP contribution in [0.25, 0.3) is 0 Å². The van der Waals surface area contributed by atoms with Crippen LogP contribution in [0.15, 0.2) is 0 Å². The lowest BCUT2D eigenvalue weighted by Crippen LogP contribution is -2.43. The van der Waals surface area contributed by atoms with Crippen molar-refractivity contribution >= 4 is 9.84 Å². The molecule has 0 bridgehead atoms. The van der Waals surface area contributed by atoms with E-state index in [1.165, 1.54) is 0 Å². The lowest BCUT2D eigenvalue weighted by atomic mass is 10.2. The summed E-state index contributed by atoms with van der Waals surface area (Å²) in [6.45, 7) is 1.54. The third kappa shape index (κ3) is 2.91. The highest BCUT2D eigenvalue weighted by Gasteiger charge is 2.38. The second kappa shape index (κ2) is 4.57. The van der Waals surface area contributed by atoms with Crippen molar-refractivity contribution in [3.63, 3.8) is 0 Å². The van der Waals surface area contributed by atoms with Crippen LogP contribution in [0.3, 0.4) is 0 Å². The number of nitrogens with one attached hydrogen (secondary N) is 1. The molecule has 0 aliphatic carbocycles. The zero-order valence-electron chi connectivity index (χ0n) is 8.60. The van der Waals surface area contributed by atoms with Crippen molar-refractivity contribution in [3.05, 3.63) is 0 Å². The van der Waals surface area contributed by atoms with Gasteiger partial charge >= 0.3 is 0 Å². The fourth-order valence-corrected chi connectivity index (χ4v) is 3.56. The smallest absolute Gasteiger partial charge is 0.154 e. The quantitative estimate of drug-likeness (QED) is 0.593. The normalized spacial score (nSPS) is 31.1. The van der Waals surface area contributed by atoms with Crippen LogP contribution < -0.4 is 5.32 Å². The molecule has 1 aliphatic heterocycles. The highest BCUT2D eigenvalue weighted by molar-refractivity contribution is 7.91. The Balaban J connectivity index is 2.52. The predicted octanol–water partition coefficient (Wildman–Crippen LogP) is -1.70. The Labute approximate surface area is 85.0 Å². The summed E-state index contributed by atoms with van der Waals surface area (Å²) in [5, 5.41) is 12.5. The summed E-state index contributed by atoms with van der Waals surface area (Å²) in [5.41, 5.74) is 0. The van der Waals surface area contributed by atoms with Crippen molar-refractivity contribution in [2.75, 3.05) is 38.7 Å². The maximum Gasteiger partial charge on any atom is 0.154 e. The number of likely N-dealkylation sites (N-methyl/N-ethyl adjacent to an activating group) is 2. The van der Waals surface area contributed by atoms with E-state index in [1.54, 1.807) is 0 Å². The molecule has 0 amide bonds. The van der Waals surface area contributed by atoms with E-state index in [-0.39, 0.29) is 17.5 Å². The van der Waals surface area contributed by atoms with E-state index in [4.69, 9.17) is 0 Å². The summed E-state index contributed by atoms with van der Waals surface area (Å²) in [7, 11) is 0.655. The first-order valence-corrected chi connectivity index (χ1v) is 6.52. The molecule has 14 heavy (non-hydrogen) atoms. The summed E-state index contributed by atoms with van der Waals surface area (Å²) >= 11 is 0. The molecule has 0 aromatic rings. The van der Waals surface area contributed by atoms with E-state index in [0.29, 0.717) is 0 Å². The van der Waals surface area contributed by atoms with E-state index in [1.807, 2.05) is 19.0 Å². The van der Waals surface area contributed by atoms with Crippen LogP contribution >= 0.6 is 0 Å². The van der Waals surface area contributed by atoms with Gasteiger partial charge in [0.2, 0.25) is 0 Å². The average molecular weight is 222 g/mol. The molecule has 1 saturated heterocycles. The van der Waals surface area contributed by atoms with E-state index >= 15 is 0 Å². The van der Waals surface area contributed by atoms with Gasteiger partial charge in [0.1, 0.15) is 0 Å². The lowest BCUT2D eigenvalue weighted by molar-refractivity contribution is 0.101. The zero-order valence-corrected chi connectivity index (χ0v) is 9.42. The maximum absolute atomic E-state index is 11.2. The predicted molar refractivity (Wildman–Crippen MR) is 55.0 cm³/mol. The van der Waals surface area contributed by atoms with Gasteiger partial charge in [-0.3, -0.25) is 4.90 Å². The van der Waals surface area contributed by atoms with Crippen LogP contribution in [0.4, 0.5) is 0 Å². The Bertz CT molecular complexity index is 278. The van der Waals surface area contributed by atoms with Gasteiger partial charge in [-0.15, -0.1) is 0 Å². The Morgan fingerprint density at radius 3 is 2.57 bits per heavy atom. The minimum atomic E-state index is -3.03. The number of nitrogens with zero attached hydrogens (tertiary/aromatic N) is 1. The van der Waals surface area contributed by atoms with Crippen LogP contribution in [-0.4, -0.2) is 69.3 Å². The standard InChI is InChI=1S/C8H18N2O3S/c1-9-3-4-10(2)7-5-14(12,13)6-8(7)11/h7-9,11H,3-6H2,1-2H3. The number of sulfone groups is 1. The molecule has 0 spiro atoms. The molecule has 84 valence electrons. The van der Waals surface area contributed by atoms with Crippen LogP contribution in [0.5, 0.6) is 0 Å². The molecular formula is C8H18N2O3S. The van der Waals surface area contributed by atoms with Gasteiger partial charge in [0, 0.05) is 13.1 Å². The maximum atomic E-state index is 11.2. The molecule has 0 aromatic carbocycles. The third-order valence-electron chi connectivity index (χ3n) is 2.57. The molecular weight excluding hydrogens is 204 g/mol. The van der Waals surface area contributed by atoms with Crippen LogP contribution in [0, 0.1) is 0 Å². The largest absolute Gasteiger partial charge is 0.390 e. The fraction of sp³-hybridized carbons (Fsp3) is 1.00. The van der Waals surface area contributed by atoms with Crippen LogP contribution in [0.1, 0.15) is 0 Å². The van der Waals surface area contributed by atoms with Crippen molar-refractivity contribution in [3.8, 4) is 0 Å². The SMILES string of the molecule is CNCCN(C)C1CS(=O)(=O)CC1O. The molecule has 1 aliphatic rings. The molecule has 2 atom stereocenters. The van der Waals surface area contributed by atoms with E-state index in [2.05, 4.69) is 5.32 Å². The zero-order chi connectivity index (χ0) is 10.8. The summed E-state index contributed by atoms with van der Waals surface area (Å²) in [6.07, 6.45) is -0.734. The number of aliphatic hydroxyl groups excluding tert-OH is 1. The van der Waals surface area contributed by atoms with Crippen LogP contribution in [-0.2, 0) is 9.84 Å². The molecule has 1 heterocycles. The van der Waals surface area contributed by atoms with Gasteiger partial charge in [0.25, 0.3) is 0 Å². The van der Waals surface area contributed by atoms with Gasteiger partial charge in [0.15, 0.2) is 9.84 Å². The van der Waals surface area contributed by atoms with Crippen molar-refractivity contribution in [1.29, 1.82) is 0 Å². The Morgan fingerprint density at radius 1 is 1.50 bits per heavy atom. The molecule has 2 N–H and O–H groups in total. The number of rotatable bonds is 4. The average Bonchev–Trinajstić information content (AvgIpc) is 2.35. The number of hydrogen-bond acceptors (Lipinski definition) is 5. The first-order chi connectivity index (χ1) is 6.46. The second-order valence-electron chi connectivity index (χ2n) is 3.80. The number of hydrogen-bond donors (Lipinski definition) is 2. The van der Waals surface area contributed by atoms with Gasteiger partial charge < -0.3 is 10.4 Å². The van der Waals surface area contributed by atoms with E-state index in [0.717, 1.165) is 13.1 Å². The van der Waals surface area contributed by atoms with Gasteiger partial charge in [0.05, 0.1) is 23.7 Å². The van der Waals surface area contributed by atoms with Crippen molar-refractivity contribution in [2.24, 2.45) is 0 Å². The van der Waals surface area contributed by atoms with Gasteiger partial charge in [-0.2, -0.15) is 0 Å². The molecule has 2 unspecified atom stereocenters.